The number of rotatable bonds is 2. The van der Waals surface area contributed by atoms with Gasteiger partial charge in [-0.25, -0.2) is 4.98 Å². The zero-order valence-electron chi connectivity index (χ0n) is 11.3. The first kappa shape index (κ1) is 11.7. The van der Waals surface area contributed by atoms with Gasteiger partial charge in [-0.2, -0.15) is 0 Å². The van der Waals surface area contributed by atoms with Crippen molar-refractivity contribution in [3.05, 3.63) is 29.7 Å². The lowest BCUT2D eigenvalue weighted by Gasteiger charge is -2.19. The molecule has 1 saturated heterocycles. The van der Waals surface area contributed by atoms with Crippen molar-refractivity contribution in [2.75, 3.05) is 13.1 Å². The molecule has 3 rings (SSSR count). The smallest absolute Gasteiger partial charge is 0.199 e. The summed E-state index contributed by atoms with van der Waals surface area (Å²) in [5, 5.41) is 0. The van der Waals surface area contributed by atoms with Crippen LogP contribution in [0.2, 0.25) is 0 Å². The Bertz CT molecular complexity index is 559. The van der Waals surface area contributed by atoms with E-state index in [0.29, 0.717) is 12.0 Å². The number of likely N-dealkylation sites (tertiary alicyclic amines) is 1. The number of hydrogen-bond donors (Lipinski definition) is 0. The number of hydrogen-bond acceptors (Lipinski definition) is 3. The van der Waals surface area contributed by atoms with Crippen LogP contribution in [0.1, 0.15) is 37.6 Å². The number of aryl methyl sites for hydroxylation is 1. The predicted molar refractivity (Wildman–Crippen MR) is 72.8 cm³/mol. The maximum atomic E-state index is 5.90. The molecule has 1 unspecified atom stereocenters. The molecule has 3 nitrogen and oxygen atoms in total. The monoisotopic (exact) mass is 244 g/mol. The maximum Gasteiger partial charge on any atom is 0.199 e. The van der Waals surface area contributed by atoms with E-state index in [2.05, 4.69) is 42.8 Å². The van der Waals surface area contributed by atoms with Gasteiger partial charge in [0, 0.05) is 18.5 Å². The largest absolute Gasteiger partial charge is 0.440 e. The molecule has 0 amide bonds. The Morgan fingerprint density at radius 1 is 1.39 bits per heavy atom. The van der Waals surface area contributed by atoms with E-state index in [-0.39, 0.29) is 0 Å². The number of benzene rings is 1. The second-order valence-electron chi connectivity index (χ2n) is 5.60. The van der Waals surface area contributed by atoms with Crippen molar-refractivity contribution >= 4 is 11.1 Å². The molecule has 0 radical (unpaired) electrons. The summed E-state index contributed by atoms with van der Waals surface area (Å²) in [6, 6.07) is 6.81. The highest BCUT2D eigenvalue weighted by molar-refractivity contribution is 5.73. The van der Waals surface area contributed by atoms with Crippen LogP contribution in [0.5, 0.6) is 0 Å². The lowest BCUT2D eigenvalue weighted by atomic mass is 10.1. The summed E-state index contributed by atoms with van der Waals surface area (Å²) in [5.74, 6) is 1.37. The fourth-order valence-electron chi connectivity index (χ4n) is 2.69. The van der Waals surface area contributed by atoms with Gasteiger partial charge in [0.05, 0.1) is 0 Å². The highest BCUT2D eigenvalue weighted by Gasteiger charge is 2.28. The average Bonchev–Trinajstić information content (AvgIpc) is 2.93. The number of oxazole rings is 1. The SMILES string of the molecule is Cc1ccc2oc(C3CCN(C(C)C)C3)nc2c1. The molecule has 0 N–H and O–H groups in total. The minimum absolute atomic E-state index is 0.458. The molecule has 2 heterocycles. The normalized spacial score (nSPS) is 21.2. The molecular weight excluding hydrogens is 224 g/mol. The molecule has 1 aliphatic heterocycles. The van der Waals surface area contributed by atoms with Gasteiger partial charge >= 0.3 is 0 Å². The lowest BCUT2D eigenvalue weighted by molar-refractivity contribution is 0.269. The van der Waals surface area contributed by atoms with Crippen LogP contribution in [0.3, 0.4) is 0 Å². The van der Waals surface area contributed by atoms with E-state index in [4.69, 9.17) is 4.42 Å². The first-order valence-electron chi connectivity index (χ1n) is 6.74. The van der Waals surface area contributed by atoms with E-state index in [1.165, 1.54) is 5.56 Å². The first-order chi connectivity index (χ1) is 8.63. The van der Waals surface area contributed by atoms with Crippen molar-refractivity contribution in [1.29, 1.82) is 0 Å². The van der Waals surface area contributed by atoms with E-state index in [0.717, 1.165) is 36.5 Å². The quantitative estimate of drug-likeness (QED) is 0.811. The summed E-state index contributed by atoms with van der Waals surface area (Å²) in [7, 11) is 0. The Morgan fingerprint density at radius 3 is 2.94 bits per heavy atom. The Morgan fingerprint density at radius 2 is 2.22 bits per heavy atom. The zero-order valence-corrected chi connectivity index (χ0v) is 11.3. The summed E-state index contributed by atoms with van der Waals surface area (Å²) < 4.78 is 5.90. The van der Waals surface area contributed by atoms with Crippen LogP contribution in [-0.2, 0) is 0 Å². The van der Waals surface area contributed by atoms with Crippen molar-refractivity contribution < 1.29 is 4.42 Å². The molecule has 0 saturated carbocycles. The minimum atomic E-state index is 0.458. The van der Waals surface area contributed by atoms with Crippen LogP contribution in [0.15, 0.2) is 22.6 Å². The fraction of sp³-hybridized carbons (Fsp3) is 0.533. The number of aromatic nitrogens is 1. The van der Waals surface area contributed by atoms with Crippen LogP contribution < -0.4 is 0 Å². The standard InChI is InChI=1S/C15H20N2O/c1-10(2)17-7-6-12(9-17)15-16-13-8-11(3)4-5-14(13)18-15/h4-5,8,10,12H,6-7,9H2,1-3H3. The number of nitrogens with zero attached hydrogens (tertiary/aromatic N) is 2. The second kappa shape index (κ2) is 4.39. The third-order valence-electron chi connectivity index (χ3n) is 3.86. The molecule has 18 heavy (non-hydrogen) atoms. The topological polar surface area (TPSA) is 29.3 Å². The summed E-state index contributed by atoms with van der Waals surface area (Å²) in [6.45, 7) is 8.81. The fourth-order valence-corrected chi connectivity index (χ4v) is 2.69. The van der Waals surface area contributed by atoms with Crippen LogP contribution in [0.4, 0.5) is 0 Å². The molecule has 96 valence electrons. The highest BCUT2D eigenvalue weighted by atomic mass is 16.3. The van der Waals surface area contributed by atoms with Gasteiger partial charge in [-0.3, -0.25) is 0 Å². The van der Waals surface area contributed by atoms with Gasteiger partial charge in [0.2, 0.25) is 0 Å². The first-order valence-corrected chi connectivity index (χ1v) is 6.74. The summed E-state index contributed by atoms with van der Waals surface area (Å²) in [6.07, 6.45) is 1.16. The van der Waals surface area contributed by atoms with Gasteiger partial charge < -0.3 is 9.32 Å². The lowest BCUT2D eigenvalue weighted by Crippen LogP contribution is -2.27. The van der Waals surface area contributed by atoms with Crippen LogP contribution >= 0.6 is 0 Å². The summed E-state index contributed by atoms with van der Waals surface area (Å²) in [5.41, 5.74) is 3.14. The number of fused-ring (bicyclic) bond motifs is 1. The van der Waals surface area contributed by atoms with Crippen molar-refractivity contribution in [3.63, 3.8) is 0 Å². The van der Waals surface area contributed by atoms with Crippen molar-refractivity contribution in [2.45, 2.75) is 39.2 Å². The third kappa shape index (κ3) is 2.03. The molecule has 2 aromatic rings. The average molecular weight is 244 g/mol. The molecule has 0 aliphatic carbocycles. The van der Waals surface area contributed by atoms with Gasteiger partial charge in [0.15, 0.2) is 11.5 Å². The van der Waals surface area contributed by atoms with Crippen molar-refractivity contribution in [1.82, 2.24) is 9.88 Å². The van der Waals surface area contributed by atoms with Crippen LogP contribution in [-0.4, -0.2) is 29.0 Å². The van der Waals surface area contributed by atoms with E-state index in [1.54, 1.807) is 0 Å². The zero-order chi connectivity index (χ0) is 12.7. The van der Waals surface area contributed by atoms with Crippen LogP contribution in [0.25, 0.3) is 11.1 Å². The third-order valence-corrected chi connectivity index (χ3v) is 3.86. The molecule has 1 atom stereocenters. The Hall–Kier alpha value is -1.35. The molecule has 0 bridgehead atoms. The van der Waals surface area contributed by atoms with E-state index < -0.39 is 0 Å². The van der Waals surface area contributed by atoms with E-state index >= 15 is 0 Å². The van der Waals surface area contributed by atoms with Gasteiger partial charge in [-0.15, -0.1) is 0 Å². The van der Waals surface area contributed by atoms with Gasteiger partial charge in [-0.05, 0) is 51.4 Å². The predicted octanol–water partition coefficient (Wildman–Crippen LogP) is 3.33. The molecule has 0 spiro atoms. The molecule has 1 aromatic carbocycles. The van der Waals surface area contributed by atoms with E-state index in [1.807, 2.05) is 6.07 Å². The van der Waals surface area contributed by atoms with E-state index in [9.17, 15) is 0 Å². The van der Waals surface area contributed by atoms with Crippen molar-refractivity contribution in [3.8, 4) is 0 Å². The Kier molecular flexibility index (Phi) is 2.86. The Balaban J connectivity index is 1.87. The molecule has 1 fully saturated rings. The molecular formula is C15H20N2O. The molecule has 1 aromatic heterocycles. The molecule has 1 aliphatic rings. The minimum Gasteiger partial charge on any atom is -0.440 e. The van der Waals surface area contributed by atoms with Gasteiger partial charge in [0.1, 0.15) is 5.52 Å². The maximum absolute atomic E-state index is 5.90. The van der Waals surface area contributed by atoms with Crippen molar-refractivity contribution in [2.24, 2.45) is 0 Å². The molecule has 3 heteroatoms. The second-order valence-corrected chi connectivity index (χ2v) is 5.60. The highest BCUT2D eigenvalue weighted by Crippen LogP contribution is 2.30. The van der Waals surface area contributed by atoms with Gasteiger partial charge in [-0.1, -0.05) is 6.07 Å². The van der Waals surface area contributed by atoms with Gasteiger partial charge in [0.25, 0.3) is 0 Å². The Labute approximate surface area is 108 Å². The summed E-state index contributed by atoms with van der Waals surface area (Å²) in [4.78, 5) is 7.15. The van der Waals surface area contributed by atoms with Crippen LogP contribution in [0, 0.1) is 6.92 Å². The summed E-state index contributed by atoms with van der Waals surface area (Å²) >= 11 is 0.